The molecule has 0 aliphatic heterocycles. The summed E-state index contributed by atoms with van der Waals surface area (Å²) in [5.74, 6) is 0.0748. The van der Waals surface area contributed by atoms with Crippen LogP contribution in [0.5, 0.6) is 0 Å². The van der Waals surface area contributed by atoms with Crippen molar-refractivity contribution in [1.82, 2.24) is 0 Å². The van der Waals surface area contributed by atoms with E-state index in [9.17, 15) is 9.59 Å². The molecule has 0 saturated heterocycles. The van der Waals surface area contributed by atoms with Gasteiger partial charge in [0.2, 0.25) is 0 Å². The molecule has 2 unspecified atom stereocenters. The van der Waals surface area contributed by atoms with E-state index in [-0.39, 0.29) is 23.8 Å². The van der Waals surface area contributed by atoms with E-state index in [0.717, 1.165) is 0 Å². The third-order valence-electron chi connectivity index (χ3n) is 2.46. The Morgan fingerprint density at radius 1 is 0.933 bits per heavy atom. The smallest absolute Gasteiger partial charge is 0.161 e. The second-order valence-corrected chi connectivity index (χ2v) is 3.54. The van der Waals surface area contributed by atoms with Crippen molar-refractivity contribution in [1.29, 1.82) is 0 Å². The molecule has 0 aliphatic carbocycles. The van der Waals surface area contributed by atoms with E-state index in [4.69, 9.17) is 9.47 Å². The molecule has 0 aromatic heterocycles. The molecule has 0 aromatic rings. The molecule has 0 spiro atoms. The van der Waals surface area contributed by atoms with Crippen LogP contribution >= 0.6 is 0 Å². The molecule has 2 atom stereocenters. The van der Waals surface area contributed by atoms with E-state index in [1.165, 1.54) is 14.2 Å². The van der Waals surface area contributed by atoms with Gasteiger partial charge >= 0.3 is 0 Å². The topological polar surface area (TPSA) is 52.6 Å². The highest BCUT2D eigenvalue weighted by molar-refractivity contribution is 5.85. The highest BCUT2D eigenvalue weighted by Gasteiger charge is 2.14. The van der Waals surface area contributed by atoms with Gasteiger partial charge < -0.3 is 9.47 Å². The molecule has 0 aliphatic rings. The van der Waals surface area contributed by atoms with Crippen LogP contribution in [0, 0.1) is 0 Å². The lowest BCUT2D eigenvalue weighted by molar-refractivity contribution is -0.129. The van der Waals surface area contributed by atoms with Gasteiger partial charge in [-0.1, -0.05) is 0 Å². The van der Waals surface area contributed by atoms with Crippen LogP contribution in [0.2, 0.25) is 0 Å². The maximum atomic E-state index is 11.3. The van der Waals surface area contributed by atoms with E-state index >= 15 is 0 Å². The first-order valence-electron chi connectivity index (χ1n) is 5.14. The van der Waals surface area contributed by atoms with E-state index in [0.29, 0.717) is 19.3 Å². The van der Waals surface area contributed by atoms with Gasteiger partial charge in [0.1, 0.15) is 12.2 Å². The zero-order valence-electron chi connectivity index (χ0n) is 9.91. The van der Waals surface area contributed by atoms with Crippen LogP contribution in [0.3, 0.4) is 0 Å². The summed E-state index contributed by atoms with van der Waals surface area (Å²) in [6, 6.07) is 0. The molecule has 15 heavy (non-hydrogen) atoms. The highest BCUT2D eigenvalue weighted by Crippen LogP contribution is 2.05. The predicted octanol–water partition coefficient (Wildman–Crippen LogP) is 1.36. The molecule has 0 fully saturated rings. The van der Waals surface area contributed by atoms with Crippen molar-refractivity contribution in [2.45, 2.75) is 45.3 Å². The summed E-state index contributed by atoms with van der Waals surface area (Å²) in [4.78, 5) is 22.7. The van der Waals surface area contributed by atoms with E-state index in [1.54, 1.807) is 13.8 Å². The van der Waals surface area contributed by atoms with E-state index in [2.05, 4.69) is 0 Å². The van der Waals surface area contributed by atoms with Gasteiger partial charge in [0.05, 0.1) is 0 Å². The Bertz CT molecular complexity index is 191. The SMILES string of the molecule is COC(C)C(=O)CCCC(=O)C(C)OC. The molecule has 0 N–H and O–H groups in total. The second-order valence-electron chi connectivity index (χ2n) is 3.54. The Morgan fingerprint density at radius 3 is 1.53 bits per heavy atom. The molecule has 0 saturated carbocycles. The average Bonchev–Trinajstić information content (AvgIpc) is 2.26. The van der Waals surface area contributed by atoms with Gasteiger partial charge in [0, 0.05) is 27.1 Å². The van der Waals surface area contributed by atoms with Crippen molar-refractivity contribution in [2.24, 2.45) is 0 Å². The zero-order valence-corrected chi connectivity index (χ0v) is 9.91. The van der Waals surface area contributed by atoms with Crippen molar-refractivity contribution < 1.29 is 19.1 Å². The Balaban J connectivity index is 3.70. The minimum absolute atomic E-state index is 0.0374. The van der Waals surface area contributed by atoms with Crippen molar-refractivity contribution in [2.75, 3.05) is 14.2 Å². The van der Waals surface area contributed by atoms with E-state index in [1.807, 2.05) is 0 Å². The first-order valence-corrected chi connectivity index (χ1v) is 5.14. The predicted molar refractivity (Wildman–Crippen MR) is 56.8 cm³/mol. The fraction of sp³-hybridized carbons (Fsp3) is 0.818. The second kappa shape index (κ2) is 7.54. The van der Waals surface area contributed by atoms with Crippen LogP contribution in [0.4, 0.5) is 0 Å². The Labute approximate surface area is 90.9 Å². The maximum absolute atomic E-state index is 11.3. The van der Waals surface area contributed by atoms with Crippen molar-refractivity contribution >= 4 is 11.6 Å². The lowest BCUT2D eigenvalue weighted by atomic mass is 10.1. The fourth-order valence-corrected chi connectivity index (χ4v) is 1.11. The normalized spacial score (nSPS) is 14.7. The number of ether oxygens (including phenoxy) is 2. The van der Waals surface area contributed by atoms with Crippen molar-refractivity contribution in [3.05, 3.63) is 0 Å². The summed E-state index contributed by atoms with van der Waals surface area (Å²) in [6.45, 7) is 3.42. The minimum atomic E-state index is -0.375. The Kier molecular flexibility index (Phi) is 7.17. The summed E-state index contributed by atoms with van der Waals surface area (Å²) >= 11 is 0. The molecule has 88 valence electrons. The highest BCUT2D eigenvalue weighted by atomic mass is 16.5. The number of carbonyl (C=O) groups excluding carboxylic acids is 2. The summed E-state index contributed by atoms with van der Waals surface area (Å²) in [5, 5.41) is 0. The molecule has 4 nitrogen and oxygen atoms in total. The number of hydrogen-bond donors (Lipinski definition) is 0. The number of rotatable bonds is 8. The van der Waals surface area contributed by atoms with Gasteiger partial charge in [0.15, 0.2) is 11.6 Å². The quantitative estimate of drug-likeness (QED) is 0.615. The molecular formula is C11H20O4. The first kappa shape index (κ1) is 14.3. The zero-order chi connectivity index (χ0) is 11.8. The Hall–Kier alpha value is -0.740. The van der Waals surface area contributed by atoms with Gasteiger partial charge in [-0.15, -0.1) is 0 Å². The Morgan fingerprint density at radius 2 is 1.27 bits per heavy atom. The third kappa shape index (κ3) is 5.64. The number of ketones is 2. The molecule has 0 bridgehead atoms. The molecule has 0 radical (unpaired) electrons. The van der Waals surface area contributed by atoms with Crippen LogP contribution in [0.25, 0.3) is 0 Å². The van der Waals surface area contributed by atoms with Gasteiger partial charge in [-0.3, -0.25) is 9.59 Å². The molecule has 0 amide bonds. The van der Waals surface area contributed by atoms with Crippen LogP contribution in [-0.2, 0) is 19.1 Å². The van der Waals surface area contributed by atoms with Crippen LogP contribution in [0.15, 0.2) is 0 Å². The largest absolute Gasteiger partial charge is 0.374 e. The number of methoxy groups -OCH3 is 2. The summed E-state index contributed by atoms with van der Waals surface area (Å²) in [7, 11) is 3.00. The van der Waals surface area contributed by atoms with Gasteiger partial charge in [0.25, 0.3) is 0 Å². The summed E-state index contributed by atoms with van der Waals surface area (Å²) in [5.41, 5.74) is 0. The van der Waals surface area contributed by atoms with Gasteiger partial charge in [-0.25, -0.2) is 0 Å². The van der Waals surface area contributed by atoms with E-state index < -0.39 is 0 Å². The minimum Gasteiger partial charge on any atom is -0.374 e. The lowest BCUT2D eigenvalue weighted by Gasteiger charge is -2.09. The number of Topliss-reactive ketones (excluding diaryl/α,β-unsaturated/α-hetero) is 2. The maximum Gasteiger partial charge on any atom is 0.161 e. The van der Waals surface area contributed by atoms with Crippen LogP contribution < -0.4 is 0 Å². The lowest BCUT2D eigenvalue weighted by Crippen LogP contribution is -2.21. The first-order chi connectivity index (χ1) is 7.02. The molecule has 0 rings (SSSR count). The van der Waals surface area contributed by atoms with Gasteiger partial charge in [-0.05, 0) is 20.3 Å². The monoisotopic (exact) mass is 216 g/mol. The molecule has 0 aromatic carbocycles. The van der Waals surface area contributed by atoms with Crippen molar-refractivity contribution in [3.63, 3.8) is 0 Å². The van der Waals surface area contributed by atoms with Gasteiger partial charge in [-0.2, -0.15) is 0 Å². The average molecular weight is 216 g/mol. The molecule has 0 heterocycles. The molecular weight excluding hydrogens is 196 g/mol. The summed E-state index contributed by atoms with van der Waals surface area (Å²) in [6.07, 6.45) is 0.591. The fourth-order valence-electron chi connectivity index (χ4n) is 1.11. The number of hydrogen-bond acceptors (Lipinski definition) is 4. The van der Waals surface area contributed by atoms with Crippen LogP contribution in [-0.4, -0.2) is 38.0 Å². The van der Waals surface area contributed by atoms with Crippen LogP contribution in [0.1, 0.15) is 33.1 Å². The standard InChI is InChI=1S/C11H20O4/c1-8(14-3)10(12)6-5-7-11(13)9(2)15-4/h8-9H,5-7H2,1-4H3. The van der Waals surface area contributed by atoms with Crippen molar-refractivity contribution in [3.8, 4) is 0 Å². The summed E-state index contributed by atoms with van der Waals surface area (Å²) < 4.78 is 9.76. The third-order valence-corrected chi connectivity index (χ3v) is 2.46. The molecule has 4 heteroatoms. The number of carbonyl (C=O) groups is 2.